The molecule has 142 valence electrons. The number of amides is 2. The van der Waals surface area contributed by atoms with Crippen LogP contribution in [0.2, 0.25) is 0 Å². The minimum atomic E-state index is -4.65. The average Bonchev–Trinajstić information content (AvgIpc) is 2.99. The third-order valence-electron chi connectivity index (χ3n) is 5.40. The number of hydrogen-bond donors (Lipinski definition) is 2. The maximum atomic E-state index is 13.1. The molecule has 2 amide bonds. The van der Waals surface area contributed by atoms with E-state index in [-0.39, 0.29) is 12.0 Å². The molecule has 8 heteroatoms. The standard InChI is InChI=1S/C18H21F3N2O3/c19-18(20,21)14-10-23(9-13(14)16(24)25)17(26)22-15(12-7-4-8-12)11-5-2-1-3-6-11/h1-3,5-6,12-15H,4,7-10H2,(H,22,26)(H,24,25)/t13-,14-,15?/m1/s1. The van der Waals surface area contributed by atoms with Gasteiger partial charge in [0.15, 0.2) is 0 Å². The van der Waals surface area contributed by atoms with Crippen molar-refractivity contribution in [3.05, 3.63) is 35.9 Å². The minimum absolute atomic E-state index is 0.248. The van der Waals surface area contributed by atoms with E-state index >= 15 is 0 Å². The van der Waals surface area contributed by atoms with Crippen LogP contribution < -0.4 is 5.32 Å². The molecule has 1 unspecified atom stereocenters. The number of carboxylic acids is 1. The maximum Gasteiger partial charge on any atom is 0.394 e. The van der Waals surface area contributed by atoms with Crippen LogP contribution in [0.15, 0.2) is 30.3 Å². The van der Waals surface area contributed by atoms with E-state index in [1.165, 1.54) is 0 Å². The molecule has 0 spiro atoms. The van der Waals surface area contributed by atoms with Gasteiger partial charge in [-0.2, -0.15) is 13.2 Å². The Bertz CT molecular complexity index is 661. The van der Waals surface area contributed by atoms with Gasteiger partial charge in [-0.15, -0.1) is 0 Å². The zero-order valence-electron chi connectivity index (χ0n) is 14.1. The van der Waals surface area contributed by atoms with Gasteiger partial charge in [0, 0.05) is 13.1 Å². The second kappa shape index (κ2) is 7.17. The molecule has 1 aliphatic carbocycles. The van der Waals surface area contributed by atoms with Crippen molar-refractivity contribution in [2.45, 2.75) is 31.5 Å². The van der Waals surface area contributed by atoms with E-state index in [4.69, 9.17) is 5.11 Å². The fraction of sp³-hybridized carbons (Fsp3) is 0.556. The molecule has 5 nitrogen and oxygen atoms in total. The van der Waals surface area contributed by atoms with Gasteiger partial charge < -0.3 is 15.3 Å². The Hall–Kier alpha value is -2.25. The Kier molecular flexibility index (Phi) is 5.11. The summed E-state index contributed by atoms with van der Waals surface area (Å²) in [5.41, 5.74) is 0.909. The molecule has 2 N–H and O–H groups in total. The highest BCUT2D eigenvalue weighted by Gasteiger charge is 2.53. The van der Waals surface area contributed by atoms with Crippen LogP contribution in [0, 0.1) is 17.8 Å². The number of halogens is 3. The highest BCUT2D eigenvalue weighted by Crippen LogP contribution is 2.40. The summed E-state index contributed by atoms with van der Waals surface area (Å²) in [5.74, 6) is -4.94. The van der Waals surface area contributed by atoms with Crippen molar-refractivity contribution in [2.75, 3.05) is 13.1 Å². The third-order valence-corrected chi connectivity index (χ3v) is 5.40. The molecule has 3 atom stereocenters. The number of carbonyl (C=O) groups excluding carboxylic acids is 1. The monoisotopic (exact) mass is 370 g/mol. The van der Waals surface area contributed by atoms with Crippen LogP contribution in [0.4, 0.5) is 18.0 Å². The van der Waals surface area contributed by atoms with Crippen LogP contribution in [-0.4, -0.2) is 41.3 Å². The quantitative estimate of drug-likeness (QED) is 0.853. The minimum Gasteiger partial charge on any atom is -0.481 e. The van der Waals surface area contributed by atoms with Crippen molar-refractivity contribution in [3.63, 3.8) is 0 Å². The summed E-state index contributed by atoms with van der Waals surface area (Å²) in [6.07, 6.45) is -1.69. The Morgan fingerprint density at radius 2 is 1.81 bits per heavy atom. The highest BCUT2D eigenvalue weighted by atomic mass is 19.4. The second-order valence-corrected chi connectivity index (χ2v) is 7.03. The van der Waals surface area contributed by atoms with Gasteiger partial charge in [0.2, 0.25) is 0 Å². The summed E-state index contributed by atoms with van der Waals surface area (Å²) < 4.78 is 39.3. The predicted octanol–water partition coefficient (Wildman–Crippen LogP) is 3.43. The normalized spacial score (nSPS) is 24.8. The molecular weight excluding hydrogens is 349 g/mol. The Labute approximate surface area is 149 Å². The maximum absolute atomic E-state index is 13.1. The van der Waals surface area contributed by atoms with Crippen molar-refractivity contribution in [1.82, 2.24) is 10.2 Å². The molecule has 2 aliphatic rings. The Balaban J connectivity index is 1.73. The first-order valence-corrected chi connectivity index (χ1v) is 8.67. The van der Waals surface area contributed by atoms with Crippen molar-refractivity contribution < 1.29 is 27.9 Å². The molecule has 1 aromatic carbocycles. The predicted molar refractivity (Wildman–Crippen MR) is 87.3 cm³/mol. The van der Waals surface area contributed by atoms with E-state index in [1.807, 2.05) is 30.3 Å². The number of benzene rings is 1. The van der Waals surface area contributed by atoms with E-state index in [1.54, 1.807) is 0 Å². The lowest BCUT2D eigenvalue weighted by Crippen LogP contribution is -2.44. The molecule has 1 saturated heterocycles. The van der Waals surface area contributed by atoms with Crippen molar-refractivity contribution in [1.29, 1.82) is 0 Å². The summed E-state index contributed by atoms with van der Waals surface area (Å²) in [7, 11) is 0. The number of nitrogens with one attached hydrogen (secondary N) is 1. The molecule has 1 aliphatic heterocycles. The van der Waals surface area contributed by atoms with Gasteiger partial charge in [-0.05, 0) is 24.3 Å². The Morgan fingerprint density at radius 3 is 2.27 bits per heavy atom. The lowest BCUT2D eigenvalue weighted by Gasteiger charge is -2.35. The second-order valence-electron chi connectivity index (χ2n) is 7.03. The summed E-state index contributed by atoms with van der Waals surface area (Å²) in [5, 5.41) is 11.9. The zero-order chi connectivity index (χ0) is 18.9. The first kappa shape index (κ1) is 18.5. The van der Waals surface area contributed by atoms with Gasteiger partial charge >= 0.3 is 18.2 Å². The van der Waals surface area contributed by atoms with Crippen molar-refractivity contribution in [2.24, 2.45) is 17.8 Å². The summed E-state index contributed by atoms with van der Waals surface area (Å²) in [4.78, 5) is 24.7. The zero-order valence-corrected chi connectivity index (χ0v) is 14.1. The van der Waals surface area contributed by atoms with E-state index in [9.17, 15) is 22.8 Å². The molecule has 1 aromatic rings. The van der Waals surface area contributed by atoms with Crippen LogP contribution in [0.25, 0.3) is 0 Å². The van der Waals surface area contributed by atoms with Gasteiger partial charge in [0.05, 0.1) is 17.9 Å². The fourth-order valence-corrected chi connectivity index (χ4v) is 3.68. The Morgan fingerprint density at radius 1 is 1.15 bits per heavy atom. The summed E-state index contributed by atoms with van der Waals surface area (Å²) in [6, 6.07) is 8.41. The van der Waals surface area contributed by atoms with Crippen LogP contribution >= 0.6 is 0 Å². The third kappa shape index (κ3) is 3.78. The molecule has 3 rings (SSSR count). The largest absolute Gasteiger partial charge is 0.481 e. The fourth-order valence-electron chi connectivity index (χ4n) is 3.68. The topological polar surface area (TPSA) is 69.6 Å². The number of carboxylic acid groups (broad SMARTS) is 1. The number of alkyl halides is 3. The summed E-state index contributed by atoms with van der Waals surface area (Å²) >= 11 is 0. The molecule has 1 saturated carbocycles. The van der Waals surface area contributed by atoms with Crippen LogP contribution in [0.1, 0.15) is 30.9 Å². The number of likely N-dealkylation sites (tertiary alicyclic amines) is 1. The lowest BCUT2D eigenvalue weighted by molar-refractivity contribution is -0.187. The van der Waals surface area contributed by atoms with Gasteiger partial charge in [-0.25, -0.2) is 4.79 Å². The molecule has 0 aromatic heterocycles. The first-order chi connectivity index (χ1) is 12.3. The van der Waals surface area contributed by atoms with Crippen LogP contribution in [-0.2, 0) is 4.79 Å². The molecule has 26 heavy (non-hydrogen) atoms. The number of rotatable bonds is 4. The van der Waals surface area contributed by atoms with Crippen LogP contribution in [0.5, 0.6) is 0 Å². The number of urea groups is 1. The van der Waals surface area contributed by atoms with Gasteiger partial charge in [0.1, 0.15) is 0 Å². The van der Waals surface area contributed by atoms with Crippen molar-refractivity contribution >= 4 is 12.0 Å². The molecular formula is C18H21F3N2O3. The number of nitrogens with zero attached hydrogens (tertiary/aromatic N) is 1. The number of aliphatic carboxylic acids is 1. The molecule has 0 bridgehead atoms. The van der Waals surface area contributed by atoms with Crippen molar-refractivity contribution in [3.8, 4) is 0 Å². The lowest BCUT2D eigenvalue weighted by atomic mass is 9.77. The SMILES string of the molecule is O=C(O)[C@@H]1CN(C(=O)NC(c2ccccc2)C2CCC2)C[C@H]1C(F)(F)F. The number of carbonyl (C=O) groups is 2. The van der Waals surface area contributed by atoms with E-state index in [0.717, 1.165) is 29.7 Å². The molecule has 1 heterocycles. The molecule has 0 radical (unpaired) electrons. The average molecular weight is 370 g/mol. The smallest absolute Gasteiger partial charge is 0.394 e. The van der Waals surface area contributed by atoms with E-state index in [0.29, 0.717) is 0 Å². The first-order valence-electron chi connectivity index (χ1n) is 8.67. The van der Waals surface area contributed by atoms with Crippen LogP contribution in [0.3, 0.4) is 0 Å². The van der Waals surface area contributed by atoms with E-state index < -0.39 is 43.1 Å². The summed E-state index contributed by atoms with van der Waals surface area (Å²) in [6.45, 7) is -1.06. The van der Waals surface area contributed by atoms with E-state index in [2.05, 4.69) is 5.32 Å². The highest BCUT2D eigenvalue weighted by molar-refractivity contribution is 5.78. The van der Waals surface area contributed by atoms with Gasteiger partial charge in [-0.3, -0.25) is 4.79 Å². The van der Waals surface area contributed by atoms with Gasteiger partial charge in [-0.1, -0.05) is 36.8 Å². The van der Waals surface area contributed by atoms with Gasteiger partial charge in [0.25, 0.3) is 0 Å². The number of hydrogen-bond acceptors (Lipinski definition) is 2. The molecule has 2 fully saturated rings.